The van der Waals surface area contributed by atoms with Crippen LogP contribution in [0.5, 0.6) is 5.75 Å². The van der Waals surface area contributed by atoms with Crippen LogP contribution in [0.4, 0.5) is 30.7 Å². The maximum atomic E-state index is 14.2. The Hall–Kier alpha value is -2.10. The van der Waals surface area contributed by atoms with Crippen LogP contribution in [-0.2, 0) is 16.2 Å². The third-order valence-electron chi connectivity index (χ3n) is 4.12. The highest BCUT2D eigenvalue weighted by molar-refractivity contribution is 7.85. The van der Waals surface area contributed by atoms with Crippen molar-refractivity contribution in [2.45, 2.75) is 37.3 Å². The molecule has 0 saturated carbocycles. The number of alkyl halides is 3. The molecule has 0 aromatic heterocycles. The fraction of sp³-hybridized carbons (Fsp3) is 0.368. The van der Waals surface area contributed by atoms with Gasteiger partial charge in [0.1, 0.15) is 5.75 Å². The lowest BCUT2D eigenvalue weighted by Gasteiger charge is -2.26. The van der Waals surface area contributed by atoms with Crippen molar-refractivity contribution in [2.75, 3.05) is 12.4 Å². The predicted octanol–water partition coefficient (Wildman–Crippen LogP) is 5.58. The lowest BCUT2D eigenvalue weighted by molar-refractivity contribution is -0.105. The molecule has 0 N–H and O–H groups in total. The van der Waals surface area contributed by atoms with E-state index in [1.807, 2.05) is 0 Å². The molecule has 0 fully saturated rings. The van der Waals surface area contributed by atoms with Crippen LogP contribution in [0, 0.1) is 30.2 Å². The fourth-order valence-electron chi connectivity index (χ4n) is 2.50. The Labute approximate surface area is 165 Å². The summed E-state index contributed by atoms with van der Waals surface area (Å²) in [5.41, 5.74) is -1.03. The van der Waals surface area contributed by atoms with E-state index in [1.54, 1.807) is 0 Å². The van der Waals surface area contributed by atoms with Crippen LogP contribution in [0.2, 0.25) is 0 Å². The standard InChI is InChI=1S/C19H17F7O2S/c1-10-4-12(20)15(7-16(10)29(27)9-19(24,25)26)28-8-18(2,3)11-5-13(21)17(23)14(22)6-11/h4-7H,8-9H2,1-3H3. The van der Waals surface area contributed by atoms with Gasteiger partial charge in [0.25, 0.3) is 0 Å². The van der Waals surface area contributed by atoms with Gasteiger partial charge in [0.2, 0.25) is 0 Å². The summed E-state index contributed by atoms with van der Waals surface area (Å²) in [6.45, 7) is 3.95. The minimum atomic E-state index is -4.68. The maximum Gasteiger partial charge on any atom is 0.400 e. The van der Waals surface area contributed by atoms with Gasteiger partial charge < -0.3 is 4.74 Å². The molecule has 1 unspecified atom stereocenters. The minimum absolute atomic E-state index is 0.0299. The maximum absolute atomic E-state index is 14.2. The molecule has 0 heterocycles. The molecule has 160 valence electrons. The van der Waals surface area contributed by atoms with E-state index in [2.05, 4.69) is 0 Å². The molecule has 2 nitrogen and oxygen atoms in total. The quantitative estimate of drug-likeness (QED) is 0.432. The summed E-state index contributed by atoms with van der Waals surface area (Å²) in [5, 5.41) is 0. The number of hydrogen-bond donors (Lipinski definition) is 0. The Morgan fingerprint density at radius 2 is 1.48 bits per heavy atom. The van der Waals surface area contributed by atoms with Crippen LogP contribution in [0.1, 0.15) is 25.0 Å². The molecule has 0 radical (unpaired) electrons. The highest BCUT2D eigenvalue weighted by Gasteiger charge is 2.32. The molecule has 29 heavy (non-hydrogen) atoms. The summed E-state index contributed by atoms with van der Waals surface area (Å²) in [5.74, 6) is -7.40. The Morgan fingerprint density at radius 1 is 0.931 bits per heavy atom. The second-order valence-electron chi connectivity index (χ2n) is 7.08. The molecule has 0 bridgehead atoms. The summed E-state index contributed by atoms with van der Waals surface area (Å²) >= 11 is 0. The van der Waals surface area contributed by atoms with E-state index in [0.29, 0.717) is 0 Å². The van der Waals surface area contributed by atoms with Crippen LogP contribution in [0.25, 0.3) is 0 Å². The van der Waals surface area contributed by atoms with Crippen LogP contribution < -0.4 is 4.74 Å². The Balaban J connectivity index is 2.28. The SMILES string of the molecule is Cc1cc(F)c(OCC(C)(C)c2cc(F)c(F)c(F)c2)cc1S(=O)CC(F)(F)F. The summed E-state index contributed by atoms with van der Waals surface area (Å²) in [4.78, 5) is -0.240. The summed E-state index contributed by atoms with van der Waals surface area (Å²) < 4.78 is 109. The van der Waals surface area contributed by atoms with E-state index in [9.17, 15) is 34.9 Å². The number of rotatable bonds is 6. The lowest BCUT2D eigenvalue weighted by atomic mass is 9.85. The Bertz CT molecular complexity index is 916. The average Bonchev–Trinajstić information content (AvgIpc) is 2.56. The molecule has 0 spiro atoms. The number of benzene rings is 2. The first-order chi connectivity index (χ1) is 13.2. The zero-order valence-electron chi connectivity index (χ0n) is 15.6. The first-order valence-electron chi connectivity index (χ1n) is 8.24. The van der Waals surface area contributed by atoms with Crippen LogP contribution in [0.15, 0.2) is 29.2 Å². The van der Waals surface area contributed by atoms with Crippen molar-refractivity contribution < 1.29 is 39.7 Å². The highest BCUT2D eigenvalue weighted by atomic mass is 32.2. The van der Waals surface area contributed by atoms with Gasteiger partial charge in [-0.15, -0.1) is 0 Å². The highest BCUT2D eigenvalue weighted by Crippen LogP contribution is 2.31. The molecular weight excluding hydrogens is 425 g/mol. The molecule has 2 aromatic rings. The zero-order valence-corrected chi connectivity index (χ0v) is 16.4. The van der Waals surface area contributed by atoms with Crippen molar-refractivity contribution in [1.82, 2.24) is 0 Å². The molecule has 1 atom stereocenters. The van der Waals surface area contributed by atoms with Crippen LogP contribution in [0.3, 0.4) is 0 Å². The van der Waals surface area contributed by atoms with Crippen molar-refractivity contribution in [3.63, 3.8) is 0 Å². The minimum Gasteiger partial charge on any atom is -0.490 e. The van der Waals surface area contributed by atoms with E-state index < -0.39 is 57.2 Å². The fourth-order valence-corrected chi connectivity index (χ4v) is 3.61. The third kappa shape index (κ3) is 5.71. The first kappa shape index (κ1) is 23.2. The molecule has 0 aliphatic carbocycles. The van der Waals surface area contributed by atoms with Gasteiger partial charge in [0, 0.05) is 10.3 Å². The van der Waals surface area contributed by atoms with Crippen LogP contribution in [-0.4, -0.2) is 22.7 Å². The summed E-state index contributed by atoms with van der Waals surface area (Å²) in [6.07, 6.45) is -4.68. The largest absolute Gasteiger partial charge is 0.490 e. The van der Waals surface area contributed by atoms with Gasteiger partial charge in [-0.1, -0.05) is 13.8 Å². The third-order valence-corrected chi connectivity index (χ3v) is 5.64. The molecule has 2 aromatic carbocycles. The average molecular weight is 442 g/mol. The van der Waals surface area contributed by atoms with Gasteiger partial charge in [0.15, 0.2) is 29.0 Å². The first-order valence-corrected chi connectivity index (χ1v) is 9.56. The predicted molar refractivity (Wildman–Crippen MR) is 93.3 cm³/mol. The molecule has 0 saturated heterocycles. The molecular formula is C19H17F7O2S. The Kier molecular flexibility index (Phi) is 6.66. The smallest absolute Gasteiger partial charge is 0.400 e. The molecule has 10 heteroatoms. The topological polar surface area (TPSA) is 26.3 Å². The number of aryl methyl sites for hydroxylation is 1. The van der Waals surface area contributed by atoms with E-state index in [0.717, 1.165) is 24.3 Å². The van der Waals surface area contributed by atoms with Gasteiger partial charge in [0.05, 0.1) is 17.4 Å². The van der Waals surface area contributed by atoms with Gasteiger partial charge in [-0.05, 0) is 42.3 Å². The Morgan fingerprint density at radius 3 is 2.00 bits per heavy atom. The number of hydrogen-bond acceptors (Lipinski definition) is 2. The van der Waals surface area contributed by atoms with Gasteiger partial charge >= 0.3 is 6.18 Å². The normalized spacial score (nSPS) is 13.4. The van der Waals surface area contributed by atoms with Gasteiger partial charge in [-0.25, -0.2) is 17.6 Å². The summed E-state index contributed by atoms with van der Waals surface area (Å²) in [6, 6.07) is 3.35. The lowest BCUT2D eigenvalue weighted by Crippen LogP contribution is -2.27. The van der Waals surface area contributed by atoms with Crippen molar-refractivity contribution in [3.05, 3.63) is 58.7 Å². The second kappa shape index (κ2) is 8.33. The van der Waals surface area contributed by atoms with Gasteiger partial charge in [-0.3, -0.25) is 4.21 Å². The van der Waals surface area contributed by atoms with E-state index in [4.69, 9.17) is 4.74 Å². The number of ether oxygens (including phenoxy) is 1. The molecule has 0 aliphatic heterocycles. The van der Waals surface area contributed by atoms with E-state index in [1.165, 1.54) is 20.8 Å². The van der Waals surface area contributed by atoms with Gasteiger partial charge in [-0.2, -0.15) is 13.2 Å². The summed E-state index contributed by atoms with van der Waals surface area (Å²) in [7, 11) is -2.47. The zero-order chi connectivity index (χ0) is 22.1. The molecule has 0 aliphatic rings. The molecule has 0 amide bonds. The van der Waals surface area contributed by atoms with Crippen molar-refractivity contribution in [3.8, 4) is 5.75 Å². The second-order valence-corrected chi connectivity index (χ2v) is 8.50. The van der Waals surface area contributed by atoms with E-state index >= 15 is 0 Å². The van der Waals surface area contributed by atoms with E-state index in [-0.39, 0.29) is 22.6 Å². The monoisotopic (exact) mass is 442 g/mol. The van der Waals surface area contributed by atoms with Crippen molar-refractivity contribution in [2.24, 2.45) is 0 Å². The van der Waals surface area contributed by atoms with Crippen LogP contribution >= 0.6 is 0 Å². The number of halogens is 7. The van der Waals surface area contributed by atoms with Crippen molar-refractivity contribution >= 4 is 10.8 Å². The van der Waals surface area contributed by atoms with Crippen molar-refractivity contribution in [1.29, 1.82) is 0 Å². The molecule has 2 rings (SSSR count).